The van der Waals surface area contributed by atoms with Gasteiger partial charge in [0.2, 0.25) is 0 Å². The van der Waals surface area contributed by atoms with Gasteiger partial charge in [-0.05, 0) is 18.8 Å². The normalized spacial score (nSPS) is 21.3. The summed E-state index contributed by atoms with van der Waals surface area (Å²) in [5.74, 6) is 1.97. The van der Waals surface area contributed by atoms with E-state index in [-0.39, 0.29) is 0 Å². The van der Waals surface area contributed by atoms with Crippen molar-refractivity contribution in [1.29, 1.82) is 0 Å². The average Bonchev–Trinajstić information content (AvgIpc) is 3.24. The first-order valence-electron chi connectivity index (χ1n) is 6.83. The van der Waals surface area contributed by atoms with Gasteiger partial charge in [0.15, 0.2) is 0 Å². The minimum Gasteiger partial charge on any atom is -0.353 e. The smallest absolute Gasteiger partial charge is 0.147 e. The van der Waals surface area contributed by atoms with Crippen LogP contribution in [0.1, 0.15) is 18.5 Å². The Kier molecular flexibility index (Phi) is 3.43. The predicted molar refractivity (Wildman–Crippen MR) is 71.3 cm³/mol. The molecule has 2 heterocycles. The molecule has 98 valence electrons. The van der Waals surface area contributed by atoms with Crippen LogP contribution >= 0.6 is 0 Å². The number of rotatable bonds is 4. The molecule has 1 aromatic rings. The molecule has 1 aliphatic heterocycles. The van der Waals surface area contributed by atoms with Crippen LogP contribution in [-0.2, 0) is 6.54 Å². The maximum atomic E-state index is 5.53. The van der Waals surface area contributed by atoms with Gasteiger partial charge in [-0.1, -0.05) is 0 Å². The Bertz CT molecular complexity index is 379. The minimum atomic E-state index is 0.461. The van der Waals surface area contributed by atoms with Crippen LogP contribution in [0.4, 0.5) is 5.82 Å². The minimum absolute atomic E-state index is 0.461. The van der Waals surface area contributed by atoms with E-state index in [2.05, 4.69) is 19.8 Å². The van der Waals surface area contributed by atoms with Gasteiger partial charge in [0.05, 0.1) is 18.1 Å². The number of aromatic nitrogens is 2. The Hall–Kier alpha value is -1.20. The van der Waals surface area contributed by atoms with Crippen molar-refractivity contribution in [3.05, 3.63) is 18.1 Å². The molecule has 0 radical (unpaired) electrons. The molecule has 0 bridgehead atoms. The second-order valence-electron chi connectivity index (χ2n) is 5.30. The Morgan fingerprint density at radius 1 is 1.11 bits per heavy atom. The van der Waals surface area contributed by atoms with Crippen LogP contribution in [-0.4, -0.2) is 47.6 Å². The molecule has 3 rings (SSSR count). The van der Waals surface area contributed by atoms with E-state index < -0.39 is 0 Å². The molecule has 1 saturated heterocycles. The lowest BCUT2D eigenvalue weighted by molar-refractivity contribution is 0.247. The summed E-state index contributed by atoms with van der Waals surface area (Å²) in [6, 6.07) is 0. The van der Waals surface area contributed by atoms with Gasteiger partial charge < -0.3 is 10.6 Å². The zero-order valence-corrected chi connectivity index (χ0v) is 10.8. The van der Waals surface area contributed by atoms with Crippen LogP contribution in [0.5, 0.6) is 0 Å². The molecule has 0 atom stereocenters. The van der Waals surface area contributed by atoms with Crippen LogP contribution in [0.25, 0.3) is 0 Å². The summed E-state index contributed by atoms with van der Waals surface area (Å²) in [6.45, 7) is 6.18. The third kappa shape index (κ3) is 2.79. The second-order valence-corrected chi connectivity index (χ2v) is 5.30. The van der Waals surface area contributed by atoms with Crippen molar-refractivity contribution in [3.63, 3.8) is 0 Å². The Morgan fingerprint density at radius 2 is 1.89 bits per heavy atom. The van der Waals surface area contributed by atoms with E-state index in [0.29, 0.717) is 6.54 Å². The molecule has 1 saturated carbocycles. The first-order valence-corrected chi connectivity index (χ1v) is 6.83. The molecule has 0 amide bonds. The lowest BCUT2D eigenvalue weighted by Gasteiger charge is -2.35. The summed E-state index contributed by atoms with van der Waals surface area (Å²) in [7, 11) is 0. The lowest BCUT2D eigenvalue weighted by Crippen LogP contribution is -2.47. The largest absolute Gasteiger partial charge is 0.353 e. The van der Waals surface area contributed by atoms with Crippen molar-refractivity contribution in [2.45, 2.75) is 19.4 Å². The van der Waals surface area contributed by atoms with Crippen molar-refractivity contribution < 1.29 is 0 Å². The Morgan fingerprint density at radius 3 is 2.44 bits per heavy atom. The summed E-state index contributed by atoms with van der Waals surface area (Å²) in [5, 5.41) is 0. The van der Waals surface area contributed by atoms with E-state index in [1.54, 1.807) is 6.20 Å². The van der Waals surface area contributed by atoms with Crippen molar-refractivity contribution in [3.8, 4) is 0 Å². The molecular weight excluding hydrogens is 226 g/mol. The van der Waals surface area contributed by atoms with E-state index in [1.165, 1.54) is 19.4 Å². The topological polar surface area (TPSA) is 58.3 Å². The molecule has 1 aromatic heterocycles. The monoisotopic (exact) mass is 247 g/mol. The quantitative estimate of drug-likeness (QED) is 0.838. The second kappa shape index (κ2) is 5.20. The zero-order valence-electron chi connectivity index (χ0n) is 10.8. The summed E-state index contributed by atoms with van der Waals surface area (Å²) < 4.78 is 0. The first kappa shape index (κ1) is 11.9. The van der Waals surface area contributed by atoms with Gasteiger partial charge in [-0.25, -0.2) is 4.98 Å². The maximum absolute atomic E-state index is 5.53. The number of nitrogens with two attached hydrogens (primary N) is 1. The van der Waals surface area contributed by atoms with Crippen LogP contribution in [0.2, 0.25) is 0 Å². The number of anilines is 1. The number of hydrogen-bond acceptors (Lipinski definition) is 5. The molecule has 18 heavy (non-hydrogen) atoms. The number of nitrogens with zero attached hydrogens (tertiary/aromatic N) is 4. The van der Waals surface area contributed by atoms with E-state index >= 15 is 0 Å². The standard InChI is InChI=1S/C13H21N5/c14-7-12-8-16-13(9-15-12)18-5-3-17(4-6-18)10-11-1-2-11/h8-9,11H,1-7,10,14H2. The van der Waals surface area contributed by atoms with Crippen LogP contribution in [0, 0.1) is 5.92 Å². The third-order valence-corrected chi connectivity index (χ3v) is 3.81. The van der Waals surface area contributed by atoms with E-state index in [4.69, 9.17) is 5.73 Å². The highest BCUT2D eigenvalue weighted by molar-refractivity contribution is 5.36. The number of piperazine rings is 1. The highest BCUT2D eigenvalue weighted by Crippen LogP contribution is 2.30. The predicted octanol–water partition coefficient (Wildman–Crippen LogP) is 0.467. The molecule has 5 heteroatoms. The van der Waals surface area contributed by atoms with Crippen molar-refractivity contribution in [1.82, 2.24) is 14.9 Å². The fourth-order valence-electron chi connectivity index (χ4n) is 2.44. The number of hydrogen-bond donors (Lipinski definition) is 1. The molecule has 0 spiro atoms. The van der Waals surface area contributed by atoms with E-state index in [1.807, 2.05) is 6.20 Å². The van der Waals surface area contributed by atoms with Gasteiger partial charge in [-0.15, -0.1) is 0 Å². The van der Waals surface area contributed by atoms with Crippen LogP contribution < -0.4 is 10.6 Å². The van der Waals surface area contributed by atoms with Gasteiger partial charge in [0.1, 0.15) is 5.82 Å². The molecular formula is C13H21N5. The van der Waals surface area contributed by atoms with Gasteiger partial charge in [0, 0.05) is 39.3 Å². The maximum Gasteiger partial charge on any atom is 0.147 e. The summed E-state index contributed by atoms with van der Waals surface area (Å²) >= 11 is 0. The van der Waals surface area contributed by atoms with Gasteiger partial charge in [0.25, 0.3) is 0 Å². The van der Waals surface area contributed by atoms with Crippen molar-refractivity contribution in [2.24, 2.45) is 11.7 Å². The summed E-state index contributed by atoms with van der Waals surface area (Å²) in [4.78, 5) is 13.6. The Balaban J connectivity index is 1.54. The first-order chi connectivity index (χ1) is 8.85. The van der Waals surface area contributed by atoms with Gasteiger partial charge >= 0.3 is 0 Å². The Labute approximate surface area is 108 Å². The molecule has 2 aliphatic rings. The third-order valence-electron chi connectivity index (χ3n) is 3.81. The fraction of sp³-hybridized carbons (Fsp3) is 0.692. The fourth-order valence-corrected chi connectivity index (χ4v) is 2.44. The molecule has 2 fully saturated rings. The summed E-state index contributed by atoms with van der Waals surface area (Å²) in [6.07, 6.45) is 6.50. The van der Waals surface area contributed by atoms with Crippen molar-refractivity contribution in [2.75, 3.05) is 37.6 Å². The van der Waals surface area contributed by atoms with E-state index in [9.17, 15) is 0 Å². The molecule has 2 N–H and O–H groups in total. The van der Waals surface area contributed by atoms with Crippen LogP contribution in [0.3, 0.4) is 0 Å². The molecule has 0 unspecified atom stereocenters. The average molecular weight is 247 g/mol. The lowest BCUT2D eigenvalue weighted by atomic mass is 10.3. The van der Waals surface area contributed by atoms with Gasteiger partial charge in [-0.3, -0.25) is 9.88 Å². The summed E-state index contributed by atoms with van der Waals surface area (Å²) in [5.41, 5.74) is 6.38. The molecule has 0 aromatic carbocycles. The SMILES string of the molecule is NCc1cnc(N2CCN(CC3CC3)CC2)cn1. The van der Waals surface area contributed by atoms with Crippen molar-refractivity contribution >= 4 is 5.82 Å². The highest BCUT2D eigenvalue weighted by Gasteiger charge is 2.26. The highest BCUT2D eigenvalue weighted by atomic mass is 15.3. The van der Waals surface area contributed by atoms with Gasteiger partial charge in [-0.2, -0.15) is 0 Å². The van der Waals surface area contributed by atoms with Crippen LogP contribution in [0.15, 0.2) is 12.4 Å². The zero-order chi connectivity index (χ0) is 12.4. The molecule has 1 aliphatic carbocycles. The van der Waals surface area contributed by atoms with E-state index in [0.717, 1.165) is 43.6 Å². The molecule has 5 nitrogen and oxygen atoms in total.